The van der Waals surface area contributed by atoms with Crippen LogP contribution in [0, 0.1) is 12.8 Å². The highest BCUT2D eigenvalue weighted by atomic mass is 32.2. The van der Waals surface area contributed by atoms with Crippen LogP contribution in [0.5, 0.6) is 0 Å². The first-order valence-electron chi connectivity index (χ1n) is 16.0. The molecule has 0 bridgehead atoms. The van der Waals surface area contributed by atoms with E-state index in [2.05, 4.69) is 26.7 Å². The molecule has 14 heteroatoms. The van der Waals surface area contributed by atoms with Crippen molar-refractivity contribution in [2.24, 2.45) is 5.92 Å². The van der Waals surface area contributed by atoms with Crippen molar-refractivity contribution >= 4 is 27.5 Å². The zero-order valence-electron chi connectivity index (χ0n) is 27.8. The summed E-state index contributed by atoms with van der Waals surface area (Å²) in [5.74, 6) is -3.73. The van der Waals surface area contributed by atoms with E-state index in [0.717, 1.165) is 34.8 Å². The minimum atomic E-state index is -4.73. The lowest BCUT2D eigenvalue weighted by molar-refractivity contribution is -0.145. The third-order valence-corrected chi connectivity index (χ3v) is 11.3. The number of rotatable bonds is 9. The molecule has 3 aromatic heterocycles. The van der Waals surface area contributed by atoms with E-state index in [9.17, 15) is 31.5 Å². The number of anilines is 1. The summed E-state index contributed by atoms with van der Waals surface area (Å²) in [6.45, 7) is 14.0. The van der Waals surface area contributed by atoms with Crippen molar-refractivity contribution in [2.75, 3.05) is 24.5 Å². The molecule has 3 atom stereocenters. The standard InChI is InChI=1S/C34H41F3N6O4S/c1-7-21(4)24(18-41-19-25-11-9-10-13-42(25)31-28(48(41,46)47)15-20(3)17-38-31)16-22(5)29(23(6)32(44)45)27-12-14-43-30(26(27)8-2)39-40-33(43)34(35,36)37/h7,12,14-17,23,25,29H,5,8-11,13,18-19H2,1-4,6H3,(H,44,45)/b21-7-,24-16-/t23?,25-,29-/m1/s1. The number of piperidine rings is 1. The topological polar surface area (TPSA) is 121 Å². The van der Waals surface area contributed by atoms with E-state index in [-0.39, 0.29) is 36.1 Å². The molecule has 10 nitrogen and oxygen atoms in total. The van der Waals surface area contributed by atoms with Crippen LogP contribution in [0.2, 0.25) is 0 Å². The summed E-state index contributed by atoms with van der Waals surface area (Å²) in [5, 5.41) is 17.4. The molecule has 1 fully saturated rings. The number of nitrogens with zero attached hydrogens (tertiary/aromatic N) is 6. The number of fused-ring (bicyclic) bond motifs is 4. The largest absolute Gasteiger partial charge is 0.481 e. The molecular formula is C34H41F3N6O4S. The molecule has 0 amide bonds. The van der Waals surface area contributed by atoms with Gasteiger partial charge >= 0.3 is 12.1 Å². The number of hydrogen-bond donors (Lipinski definition) is 1. The van der Waals surface area contributed by atoms with Crippen molar-refractivity contribution in [3.63, 3.8) is 0 Å². The molecule has 2 aliphatic heterocycles. The van der Waals surface area contributed by atoms with E-state index in [4.69, 9.17) is 0 Å². The first-order valence-corrected chi connectivity index (χ1v) is 17.5. The van der Waals surface area contributed by atoms with Crippen LogP contribution in [0.25, 0.3) is 5.65 Å². The fourth-order valence-electron chi connectivity index (χ4n) is 6.81. The Bertz CT molecular complexity index is 1920. The molecule has 48 heavy (non-hydrogen) atoms. The summed E-state index contributed by atoms with van der Waals surface area (Å²) in [5.41, 5.74) is 3.38. The van der Waals surface area contributed by atoms with Gasteiger partial charge in [0.05, 0.1) is 5.92 Å². The molecule has 5 rings (SSSR count). The summed E-state index contributed by atoms with van der Waals surface area (Å²) in [7, 11) is -3.99. The zero-order chi connectivity index (χ0) is 35.1. The third-order valence-electron chi connectivity index (χ3n) is 9.50. The number of pyridine rings is 2. The first-order chi connectivity index (χ1) is 22.6. The lowest BCUT2D eigenvalue weighted by Gasteiger charge is -2.36. The number of hydrogen-bond acceptors (Lipinski definition) is 7. The molecule has 0 spiro atoms. The summed E-state index contributed by atoms with van der Waals surface area (Å²) >= 11 is 0. The molecule has 1 N–H and O–H groups in total. The van der Waals surface area contributed by atoms with Gasteiger partial charge in [0, 0.05) is 49.6 Å². The lowest BCUT2D eigenvalue weighted by Crippen LogP contribution is -2.46. The maximum Gasteiger partial charge on any atom is 0.452 e. The normalized spacial score (nSPS) is 20.2. The summed E-state index contributed by atoms with van der Waals surface area (Å²) < 4.78 is 71.9. The van der Waals surface area contributed by atoms with Crippen LogP contribution in [0.4, 0.5) is 19.0 Å². The van der Waals surface area contributed by atoms with Crippen LogP contribution in [0.3, 0.4) is 0 Å². The Morgan fingerprint density at radius 1 is 1.25 bits per heavy atom. The first kappa shape index (κ1) is 35.3. The van der Waals surface area contributed by atoms with Gasteiger partial charge in [0.1, 0.15) is 10.7 Å². The van der Waals surface area contributed by atoms with E-state index < -0.39 is 39.8 Å². The maximum atomic E-state index is 14.3. The lowest BCUT2D eigenvalue weighted by atomic mass is 9.79. The Kier molecular flexibility index (Phi) is 9.89. The quantitative estimate of drug-likeness (QED) is 0.260. The minimum Gasteiger partial charge on any atom is -0.481 e. The molecule has 258 valence electrons. The predicted molar refractivity (Wildman–Crippen MR) is 176 cm³/mol. The summed E-state index contributed by atoms with van der Waals surface area (Å²) in [6.07, 6.45) is 4.71. The van der Waals surface area contributed by atoms with Crippen molar-refractivity contribution < 1.29 is 31.5 Å². The van der Waals surface area contributed by atoms with Crippen LogP contribution in [-0.2, 0) is 27.4 Å². The van der Waals surface area contributed by atoms with Gasteiger partial charge in [-0.3, -0.25) is 9.20 Å². The second kappa shape index (κ2) is 13.5. The van der Waals surface area contributed by atoms with E-state index in [1.54, 1.807) is 32.2 Å². The SMILES string of the molecule is C=C(/C=C(CN1C[C@H]2CCCCN2c2ncc(C)cc2S1(=O)=O)\C(C)=C/C)[C@@H](c1ccn2c(C(F)(F)F)nnc2c1CC)C(C)C(=O)O. The molecule has 0 aliphatic carbocycles. The molecular weight excluding hydrogens is 645 g/mol. The Hall–Kier alpha value is -4.04. The number of halogens is 3. The number of sulfonamides is 1. The minimum absolute atomic E-state index is 0.00219. The van der Waals surface area contributed by atoms with Gasteiger partial charge in [-0.05, 0) is 80.9 Å². The van der Waals surface area contributed by atoms with Gasteiger partial charge in [-0.25, -0.2) is 13.4 Å². The number of carboxylic acid groups (broad SMARTS) is 1. The Morgan fingerprint density at radius 2 is 1.98 bits per heavy atom. The van der Waals surface area contributed by atoms with E-state index >= 15 is 0 Å². The number of aromatic nitrogens is 4. The van der Waals surface area contributed by atoms with Gasteiger partial charge in [0.2, 0.25) is 15.8 Å². The molecule has 0 radical (unpaired) electrons. The van der Waals surface area contributed by atoms with Gasteiger partial charge < -0.3 is 10.0 Å². The number of carboxylic acids is 1. The summed E-state index contributed by atoms with van der Waals surface area (Å²) in [4.78, 5) is 19.3. The van der Waals surface area contributed by atoms with Crippen molar-refractivity contribution in [3.05, 3.63) is 82.5 Å². The van der Waals surface area contributed by atoms with Gasteiger partial charge in [-0.15, -0.1) is 10.2 Å². The third kappa shape index (κ3) is 6.51. The van der Waals surface area contributed by atoms with Crippen molar-refractivity contribution in [1.82, 2.24) is 23.9 Å². The van der Waals surface area contributed by atoms with Gasteiger partial charge in [0.25, 0.3) is 0 Å². The molecule has 5 heterocycles. The smallest absolute Gasteiger partial charge is 0.452 e. The fraction of sp³-hybridized carbons (Fsp3) is 0.471. The second-order valence-corrected chi connectivity index (χ2v) is 14.5. The monoisotopic (exact) mass is 686 g/mol. The van der Waals surface area contributed by atoms with Gasteiger partial charge in [-0.2, -0.15) is 17.5 Å². The van der Waals surface area contributed by atoms with Crippen LogP contribution in [0.15, 0.2) is 64.9 Å². The van der Waals surface area contributed by atoms with Crippen LogP contribution < -0.4 is 4.90 Å². The van der Waals surface area contributed by atoms with Crippen molar-refractivity contribution in [3.8, 4) is 0 Å². The predicted octanol–water partition coefficient (Wildman–Crippen LogP) is 6.33. The van der Waals surface area contributed by atoms with Crippen molar-refractivity contribution in [1.29, 1.82) is 0 Å². The zero-order valence-corrected chi connectivity index (χ0v) is 28.6. The second-order valence-electron chi connectivity index (χ2n) is 12.6. The molecule has 1 unspecified atom stereocenters. The number of carbonyl (C=O) groups is 1. The highest BCUT2D eigenvalue weighted by molar-refractivity contribution is 7.89. The molecule has 0 saturated carbocycles. The highest BCUT2D eigenvalue weighted by Crippen LogP contribution is 2.40. The Labute approximate surface area is 278 Å². The number of aryl methyl sites for hydroxylation is 2. The maximum absolute atomic E-state index is 14.3. The average molecular weight is 687 g/mol. The molecule has 0 aromatic carbocycles. The van der Waals surface area contributed by atoms with Gasteiger partial charge in [0.15, 0.2) is 5.65 Å². The summed E-state index contributed by atoms with van der Waals surface area (Å²) in [6, 6.07) is 3.07. The van der Waals surface area contributed by atoms with Crippen LogP contribution >= 0.6 is 0 Å². The molecule has 2 aliphatic rings. The number of alkyl halides is 3. The van der Waals surface area contributed by atoms with E-state index in [0.29, 0.717) is 34.6 Å². The molecule has 1 saturated heterocycles. The highest BCUT2D eigenvalue weighted by Gasteiger charge is 2.41. The van der Waals surface area contributed by atoms with E-state index in [1.807, 2.05) is 19.9 Å². The number of allylic oxidation sites excluding steroid dienone is 3. The average Bonchev–Trinajstić information content (AvgIpc) is 3.46. The Morgan fingerprint density at radius 3 is 2.62 bits per heavy atom. The van der Waals surface area contributed by atoms with Crippen molar-refractivity contribution in [2.45, 2.75) is 83.3 Å². The molecule has 3 aromatic rings. The van der Waals surface area contributed by atoms with Crippen LogP contribution in [-0.4, -0.2) is 69.1 Å². The van der Waals surface area contributed by atoms with Crippen LogP contribution in [0.1, 0.15) is 75.4 Å². The fourth-order valence-corrected chi connectivity index (χ4v) is 8.50. The Balaban J connectivity index is 1.60. The van der Waals surface area contributed by atoms with Gasteiger partial charge in [-0.1, -0.05) is 38.2 Å². The van der Waals surface area contributed by atoms with E-state index in [1.165, 1.54) is 23.5 Å². The number of aliphatic carboxylic acids is 1.